The first-order chi connectivity index (χ1) is 12.9. The second-order valence-corrected chi connectivity index (χ2v) is 10.5. The van der Waals surface area contributed by atoms with E-state index in [1.807, 2.05) is 6.92 Å². The second-order valence-electron chi connectivity index (χ2n) is 8.73. The van der Waals surface area contributed by atoms with Gasteiger partial charge in [0.15, 0.2) is 0 Å². The third-order valence-electron chi connectivity index (χ3n) is 6.24. The molecule has 1 saturated heterocycles. The Labute approximate surface area is 166 Å². The number of esters is 1. The molecule has 0 spiro atoms. The van der Waals surface area contributed by atoms with E-state index < -0.39 is 15.4 Å². The summed E-state index contributed by atoms with van der Waals surface area (Å²) in [5.41, 5.74) is 0.878. The molecule has 2 atom stereocenters. The summed E-state index contributed by atoms with van der Waals surface area (Å²) in [7, 11) is -2.43. The minimum absolute atomic E-state index is 0.0207. The van der Waals surface area contributed by atoms with E-state index in [2.05, 4.69) is 18.6 Å². The molecule has 1 aromatic rings. The third-order valence-corrected chi connectivity index (χ3v) is 7.80. The van der Waals surface area contributed by atoms with E-state index in [1.165, 1.54) is 7.11 Å². The molecule has 3 rings (SSSR count). The fraction of sp³-hybridized carbons (Fsp3) is 0.600. The number of sulfonamides is 1. The SMILES string of the molecule is COC(=O)[C@@]12CN(C(=O)CNS(=O)(=O)c3ccc(C)cc3C)C[C@@H]1C(C)(C)C2. The van der Waals surface area contributed by atoms with Gasteiger partial charge in [0.1, 0.15) is 0 Å². The van der Waals surface area contributed by atoms with Crippen LogP contribution in [0.3, 0.4) is 0 Å². The maximum Gasteiger partial charge on any atom is 0.314 e. The Morgan fingerprint density at radius 1 is 1.29 bits per heavy atom. The summed E-state index contributed by atoms with van der Waals surface area (Å²) < 4.78 is 32.6. The molecule has 0 aromatic heterocycles. The van der Waals surface area contributed by atoms with E-state index in [9.17, 15) is 18.0 Å². The number of nitrogens with one attached hydrogen (secondary N) is 1. The molecule has 1 heterocycles. The molecular formula is C20H28N2O5S. The zero-order valence-electron chi connectivity index (χ0n) is 17.0. The van der Waals surface area contributed by atoms with Gasteiger partial charge >= 0.3 is 5.97 Å². The fourth-order valence-corrected chi connectivity index (χ4v) is 6.21. The molecule has 0 unspecified atom stereocenters. The molecule has 1 aliphatic carbocycles. The van der Waals surface area contributed by atoms with E-state index >= 15 is 0 Å². The molecule has 1 N–H and O–H groups in total. The molecular weight excluding hydrogens is 380 g/mol. The second kappa shape index (κ2) is 6.84. The first kappa shape index (κ1) is 20.8. The Balaban J connectivity index is 1.70. The summed E-state index contributed by atoms with van der Waals surface area (Å²) in [6, 6.07) is 5.06. The number of fused-ring (bicyclic) bond motifs is 1. The van der Waals surface area contributed by atoms with Crippen molar-refractivity contribution < 1.29 is 22.7 Å². The van der Waals surface area contributed by atoms with Gasteiger partial charge in [-0.3, -0.25) is 9.59 Å². The lowest BCUT2D eigenvalue weighted by atomic mass is 9.48. The summed E-state index contributed by atoms with van der Waals surface area (Å²) in [5.74, 6) is -0.600. The number of rotatable bonds is 5. The highest BCUT2D eigenvalue weighted by Crippen LogP contribution is 2.63. The largest absolute Gasteiger partial charge is 0.469 e. The Bertz CT molecular complexity index is 925. The number of ether oxygens (including phenoxy) is 1. The van der Waals surface area contributed by atoms with Gasteiger partial charge in [0, 0.05) is 13.1 Å². The highest BCUT2D eigenvalue weighted by molar-refractivity contribution is 7.89. The summed E-state index contributed by atoms with van der Waals surface area (Å²) in [5, 5.41) is 0. The number of amides is 1. The average molecular weight is 409 g/mol. The van der Waals surface area contributed by atoms with Crippen LogP contribution in [0.4, 0.5) is 0 Å². The van der Waals surface area contributed by atoms with Gasteiger partial charge in [-0.2, -0.15) is 0 Å². The van der Waals surface area contributed by atoms with Gasteiger partial charge in [-0.15, -0.1) is 0 Å². The number of nitrogens with zero attached hydrogens (tertiary/aromatic N) is 1. The first-order valence-electron chi connectivity index (χ1n) is 9.36. The number of hydrogen-bond acceptors (Lipinski definition) is 5. The maximum absolute atomic E-state index is 12.7. The lowest BCUT2D eigenvalue weighted by Crippen LogP contribution is -2.57. The number of carbonyl (C=O) groups excluding carboxylic acids is 2. The molecule has 7 nitrogen and oxygen atoms in total. The van der Waals surface area contributed by atoms with Crippen LogP contribution in [0.2, 0.25) is 0 Å². The Morgan fingerprint density at radius 2 is 1.96 bits per heavy atom. The van der Waals surface area contributed by atoms with Gasteiger partial charge in [0.2, 0.25) is 15.9 Å². The number of benzene rings is 1. The molecule has 0 radical (unpaired) electrons. The summed E-state index contributed by atoms with van der Waals surface area (Å²) in [6.45, 7) is 8.15. The van der Waals surface area contributed by atoms with Crippen molar-refractivity contribution in [3.8, 4) is 0 Å². The summed E-state index contributed by atoms with van der Waals surface area (Å²) in [6.07, 6.45) is 0.662. The number of carbonyl (C=O) groups is 2. The predicted octanol–water partition coefficient (Wildman–Crippen LogP) is 1.63. The van der Waals surface area contributed by atoms with Gasteiger partial charge in [-0.05, 0) is 43.2 Å². The lowest BCUT2D eigenvalue weighted by Gasteiger charge is -2.54. The molecule has 2 aliphatic rings. The smallest absolute Gasteiger partial charge is 0.314 e. The van der Waals surface area contributed by atoms with Crippen LogP contribution in [0.15, 0.2) is 23.1 Å². The fourth-order valence-electron chi connectivity index (χ4n) is 5.01. The van der Waals surface area contributed by atoms with Gasteiger partial charge < -0.3 is 9.64 Å². The zero-order valence-corrected chi connectivity index (χ0v) is 17.9. The molecule has 8 heteroatoms. The number of aryl methyl sites for hydroxylation is 2. The van der Waals surface area contributed by atoms with E-state index in [1.54, 1.807) is 30.0 Å². The standard InChI is InChI=1S/C20H28N2O5S/c1-13-6-7-15(14(2)8-13)28(25,26)21-9-17(23)22-10-16-19(3,4)11-20(16,12-22)18(24)27-5/h6-8,16,21H,9-12H2,1-5H3/t16-,20+/m1/s1. The number of methoxy groups -OCH3 is 1. The van der Waals surface area contributed by atoms with Gasteiger partial charge in [0.25, 0.3) is 0 Å². The van der Waals surface area contributed by atoms with Crippen molar-refractivity contribution in [3.05, 3.63) is 29.3 Å². The van der Waals surface area contributed by atoms with E-state index in [-0.39, 0.29) is 41.2 Å². The molecule has 28 heavy (non-hydrogen) atoms. The zero-order chi connectivity index (χ0) is 20.9. The molecule has 2 fully saturated rings. The van der Waals surface area contributed by atoms with Crippen LogP contribution in [0, 0.1) is 30.6 Å². The summed E-state index contributed by atoms with van der Waals surface area (Å²) in [4.78, 5) is 26.8. The molecule has 154 valence electrons. The molecule has 0 bridgehead atoms. The number of hydrogen-bond donors (Lipinski definition) is 1. The van der Waals surface area contributed by atoms with Gasteiger partial charge in [0.05, 0.1) is 24.0 Å². The van der Waals surface area contributed by atoms with Crippen LogP contribution in [0.25, 0.3) is 0 Å². The predicted molar refractivity (Wildman–Crippen MR) is 104 cm³/mol. The van der Waals surface area contributed by atoms with Crippen molar-refractivity contribution in [2.75, 3.05) is 26.7 Å². The lowest BCUT2D eigenvalue weighted by molar-refractivity contribution is -0.174. The minimum Gasteiger partial charge on any atom is -0.469 e. The van der Waals surface area contributed by atoms with Gasteiger partial charge in [-0.1, -0.05) is 31.5 Å². The highest BCUT2D eigenvalue weighted by atomic mass is 32.2. The third kappa shape index (κ3) is 3.33. The van der Waals surface area contributed by atoms with Crippen molar-refractivity contribution in [2.45, 2.75) is 39.0 Å². The summed E-state index contributed by atoms with van der Waals surface area (Å²) >= 11 is 0. The number of likely N-dealkylation sites (tertiary alicyclic amines) is 1. The maximum atomic E-state index is 12.7. The quantitative estimate of drug-likeness (QED) is 0.748. The van der Waals surface area contributed by atoms with E-state index in [0.717, 1.165) is 5.56 Å². The van der Waals surface area contributed by atoms with Crippen LogP contribution < -0.4 is 4.72 Å². The Hall–Kier alpha value is -1.93. The Morgan fingerprint density at radius 3 is 2.54 bits per heavy atom. The van der Waals surface area contributed by atoms with Gasteiger partial charge in [-0.25, -0.2) is 13.1 Å². The van der Waals surface area contributed by atoms with E-state index in [0.29, 0.717) is 18.5 Å². The molecule has 1 saturated carbocycles. The van der Waals surface area contributed by atoms with Crippen molar-refractivity contribution in [2.24, 2.45) is 16.7 Å². The topological polar surface area (TPSA) is 92.8 Å². The average Bonchev–Trinajstić information content (AvgIpc) is 2.94. The first-order valence-corrected chi connectivity index (χ1v) is 10.8. The van der Waals surface area contributed by atoms with Crippen LogP contribution in [-0.2, 0) is 24.3 Å². The monoisotopic (exact) mass is 408 g/mol. The molecule has 1 aromatic carbocycles. The van der Waals surface area contributed by atoms with Crippen LogP contribution in [0.5, 0.6) is 0 Å². The van der Waals surface area contributed by atoms with Crippen molar-refractivity contribution >= 4 is 21.9 Å². The molecule has 1 aliphatic heterocycles. The Kier molecular flexibility index (Phi) is 5.08. The van der Waals surface area contributed by atoms with Crippen LogP contribution >= 0.6 is 0 Å². The highest BCUT2D eigenvalue weighted by Gasteiger charge is 2.67. The van der Waals surface area contributed by atoms with Crippen LogP contribution in [-0.4, -0.2) is 51.9 Å². The minimum atomic E-state index is -3.79. The van der Waals surface area contributed by atoms with Crippen LogP contribution in [0.1, 0.15) is 31.4 Å². The molecule has 1 amide bonds. The van der Waals surface area contributed by atoms with Crippen molar-refractivity contribution in [1.82, 2.24) is 9.62 Å². The van der Waals surface area contributed by atoms with Crippen molar-refractivity contribution in [1.29, 1.82) is 0 Å². The van der Waals surface area contributed by atoms with Crippen molar-refractivity contribution in [3.63, 3.8) is 0 Å². The normalized spacial score (nSPS) is 25.8. The van der Waals surface area contributed by atoms with E-state index in [4.69, 9.17) is 4.74 Å².